The number of aromatic nitrogens is 2. The molecule has 0 N–H and O–H groups in total. The molecule has 0 bridgehead atoms. The minimum absolute atomic E-state index is 1.05. The summed E-state index contributed by atoms with van der Waals surface area (Å²) in [5.41, 5.74) is 1.19. The average molecular weight is 258 g/mol. The van der Waals surface area contributed by atoms with E-state index >= 15 is 0 Å². The van der Waals surface area contributed by atoms with Crippen LogP contribution in [-0.4, -0.2) is 9.38 Å². The Morgan fingerprint density at radius 1 is 1.45 bits per heavy atom. The summed E-state index contributed by atoms with van der Waals surface area (Å²) < 4.78 is 3.16. The first-order valence-corrected chi connectivity index (χ1v) is 4.46. The van der Waals surface area contributed by atoms with Crippen molar-refractivity contribution >= 4 is 28.1 Å². The lowest BCUT2D eigenvalue weighted by atomic mass is 10.4. The largest absolute Gasteiger partial charge is 0.303 e. The van der Waals surface area contributed by atoms with Crippen molar-refractivity contribution in [1.82, 2.24) is 9.38 Å². The molecule has 0 aliphatic heterocycles. The van der Waals surface area contributed by atoms with Gasteiger partial charge in [-0.15, -0.1) is 0 Å². The summed E-state index contributed by atoms with van der Waals surface area (Å²) >= 11 is 2.25. The van der Waals surface area contributed by atoms with E-state index in [9.17, 15) is 0 Å². The van der Waals surface area contributed by atoms with Gasteiger partial charge in [-0.25, -0.2) is 4.98 Å². The zero-order chi connectivity index (χ0) is 7.84. The second-order valence-electron chi connectivity index (χ2n) is 2.41. The Labute approximate surface area is 78.4 Å². The van der Waals surface area contributed by atoms with Crippen LogP contribution < -0.4 is 0 Å². The smallest absolute Gasteiger partial charge is 0.127 e. The van der Waals surface area contributed by atoms with Crippen LogP contribution in [0.15, 0.2) is 24.4 Å². The lowest BCUT2D eigenvalue weighted by Gasteiger charge is -1.92. The maximum absolute atomic E-state index is 4.34. The monoisotopic (exact) mass is 258 g/mol. The van der Waals surface area contributed by atoms with E-state index in [1.807, 2.05) is 25.3 Å². The SMILES string of the molecule is Cc1nc(I)c2ccccn12. The first-order valence-electron chi connectivity index (χ1n) is 3.38. The molecule has 2 aromatic rings. The van der Waals surface area contributed by atoms with Gasteiger partial charge in [0.2, 0.25) is 0 Å². The van der Waals surface area contributed by atoms with Crippen molar-refractivity contribution in [2.24, 2.45) is 0 Å². The Morgan fingerprint density at radius 3 is 3.00 bits per heavy atom. The van der Waals surface area contributed by atoms with Gasteiger partial charge in [0.05, 0.1) is 5.52 Å². The fourth-order valence-electron chi connectivity index (χ4n) is 1.15. The Morgan fingerprint density at radius 2 is 2.27 bits per heavy atom. The second kappa shape index (κ2) is 2.48. The number of fused-ring (bicyclic) bond motifs is 1. The summed E-state index contributed by atoms with van der Waals surface area (Å²) in [6.45, 7) is 2.01. The fourth-order valence-corrected chi connectivity index (χ4v) is 1.94. The van der Waals surface area contributed by atoms with E-state index < -0.39 is 0 Å². The predicted molar refractivity (Wildman–Crippen MR) is 52.6 cm³/mol. The van der Waals surface area contributed by atoms with Gasteiger partial charge in [0.25, 0.3) is 0 Å². The Hall–Kier alpha value is -0.580. The molecule has 0 aliphatic rings. The maximum Gasteiger partial charge on any atom is 0.127 e. The third-order valence-electron chi connectivity index (χ3n) is 1.68. The molecule has 0 unspecified atom stereocenters. The number of nitrogens with zero attached hydrogens (tertiary/aromatic N) is 2. The number of pyridine rings is 1. The van der Waals surface area contributed by atoms with E-state index in [-0.39, 0.29) is 0 Å². The average Bonchev–Trinajstić information content (AvgIpc) is 2.30. The number of hydrogen-bond donors (Lipinski definition) is 0. The van der Waals surface area contributed by atoms with Crippen molar-refractivity contribution < 1.29 is 0 Å². The van der Waals surface area contributed by atoms with Crippen LogP contribution in [0.25, 0.3) is 5.52 Å². The van der Waals surface area contributed by atoms with E-state index in [0.29, 0.717) is 0 Å². The third-order valence-corrected chi connectivity index (χ3v) is 2.47. The first-order chi connectivity index (χ1) is 5.29. The summed E-state index contributed by atoms with van der Waals surface area (Å²) in [4.78, 5) is 4.34. The van der Waals surface area contributed by atoms with Crippen LogP contribution in [0.4, 0.5) is 0 Å². The number of halogens is 1. The molecule has 0 saturated carbocycles. The molecule has 2 nitrogen and oxygen atoms in total. The fraction of sp³-hybridized carbons (Fsp3) is 0.125. The van der Waals surface area contributed by atoms with E-state index in [4.69, 9.17) is 0 Å². The van der Waals surface area contributed by atoms with Gasteiger partial charge < -0.3 is 4.40 Å². The van der Waals surface area contributed by atoms with Crippen LogP contribution in [0.1, 0.15) is 5.82 Å². The van der Waals surface area contributed by atoms with Gasteiger partial charge in [-0.05, 0) is 41.6 Å². The summed E-state index contributed by atoms with van der Waals surface area (Å²) in [5.74, 6) is 1.05. The zero-order valence-corrected chi connectivity index (χ0v) is 8.24. The highest BCUT2D eigenvalue weighted by molar-refractivity contribution is 14.1. The van der Waals surface area contributed by atoms with E-state index in [1.165, 1.54) is 5.52 Å². The quantitative estimate of drug-likeness (QED) is 0.662. The molecule has 0 amide bonds. The van der Waals surface area contributed by atoms with Gasteiger partial charge in [0.1, 0.15) is 9.53 Å². The molecule has 11 heavy (non-hydrogen) atoms. The lowest BCUT2D eigenvalue weighted by molar-refractivity contribution is 1.04. The Balaban J connectivity index is 2.95. The first kappa shape index (κ1) is 7.09. The molecule has 0 radical (unpaired) electrons. The van der Waals surface area contributed by atoms with Crippen molar-refractivity contribution in [3.05, 3.63) is 33.9 Å². The number of aryl methyl sites for hydroxylation is 1. The molecule has 2 heterocycles. The molecule has 0 aliphatic carbocycles. The zero-order valence-electron chi connectivity index (χ0n) is 6.08. The van der Waals surface area contributed by atoms with Gasteiger partial charge in [-0.3, -0.25) is 0 Å². The maximum atomic E-state index is 4.34. The molecule has 2 rings (SSSR count). The molecule has 0 fully saturated rings. The molecule has 0 aromatic carbocycles. The molecule has 56 valence electrons. The van der Waals surface area contributed by atoms with Crippen molar-refractivity contribution in [3.8, 4) is 0 Å². The predicted octanol–water partition coefficient (Wildman–Crippen LogP) is 2.25. The Bertz CT molecular complexity index is 356. The third kappa shape index (κ3) is 1.03. The molecule has 0 spiro atoms. The van der Waals surface area contributed by atoms with Crippen molar-refractivity contribution in [2.75, 3.05) is 0 Å². The lowest BCUT2D eigenvalue weighted by Crippen LogP contribution is -1.84. The minimum Gasteiger partial charge on any atom is -0.303 e. The summed E-state index contributed by atoms with van der Waals surface area (Å²) in [6.07, 6.45) is 2.03. The van der Waals surface area contributed by atoms with Crippen molar-refractivity contribution in [2.45, 2.75) is 6.92 Å². The molecule has 0 atom stereocenters. The van der Waals surface area contributed by atoms with Crippen LogP contribution in [0.5, 0.6) is 0 Å². The summed E-state index contributed by atoms with van der Waals surface area (Å²) in [7, 11) is 0. The van der Waals surface area contributed by atoms with Gasteiger partial charge in [-0.2, -0.15) is 0 Å². The number of rotatable bonds is 0. The van der Waals surface area contributed by atoms with Crippen LogP contribution in [-0.2, 0) is 0 Å². The van der Waals surface area contributed by atoms with Gasteiger partial charge in [-0.1, -0.05) is 6.07 Å². The van der Waals surface area contributed by atoms with Gasteiger partial charge in [0, 0.05) is 6.20 Å². The topological polar surface area (TPSA) is 17.3 Å². The standard InChI is InChI=1S/C8H7IN2/c1-6-10-8(9)7-4-2-3-5-11(6)7/h2-5H,1H3. The second-order valence-corrected chi connectivity index (χ2v) is 3.43. The van der Waals surface area contributed by atoms with E-state index in [1.54, 1.807) is 0 Å². The van der Waals surface area contributed by atoms with Crippen LogP contribution in [0.3, 0.4) is 0 Å². The minimum atomic E-state index is 1.05. The molecule has 0 saturated heterocycles. The van der Waals surface area contributed by atoms with Crippen LogP contribution >= 0.6 is 22.6 Å². The molecule has 3 heteroatoms. The summed E-state index contributed by atoms with van der Waals surface area (Å²) in [5, 5.41) is 0. The highest BCUT2D eigenvalue weighted by Gasteiger charge is 2.01. The van der Waals surface area contributed by atoms with Crippen molar-refractivity contribution in [3.63, 3.8) is 0 Å². The van der Waals surface area contributed by atoms with E-state index in [2.05, 4.69) is 38.0 Å². The van der Waals surface area contributed by atoms with Crippen molar-refractivity contribution in [1.29, 1.82) is 0 Å². The summed E-state index contributed by atoms with van der Waals surface area (Å²) in [6, 6.07) is 6.11. The molecule has 2 aromatic heterocycles. The number of imidazole rings is 1. The van der Waals surface area contributed by atoms with E-state index in [0.717, 1.165) is 9.53 Å². The highest BCUT2D eigenvalue weighted by Crippen LogP contribution is 2.13. The highest BCUT2D eigenvalue weighted by atomic mass is 127. The molecular formula is C8H7IN2. The van der Waals surface area contributed by atoms with Crippen LogP contribution in [0.2, 0.25) is 0 Å². The van der Waals surface area contributed by atoms with Gasteiger partial charge in [0.15, 0.2) is 0 Å². The van der Waals surface area contributed by atoms with Gasteiger partial charge >= 0.3 is 0 Å². The number of hydrogen-bond acceptors (Lipinski definition) is 1. The van der Waals surface area contributed by atoms with Crippen LogP contribution in [0, 0.1) is 10.6 Å². The normalized spacial score (nSPS) is 10.7. The Kier molecular flexibility index (Phi) is 1.60. The molecular weight excluding hydrogens is 251 g/mol.